The van der Waals surface area contributed by atoms with Crippen LogP contribution in [0.15, 0.2) is 23.1 Å². The van der Waals surface area contributed by atoms with Crippen molar-refractivity contribution in [1.29, 1.82) is 0 Å². The molecule has 1 aliphatic heterocycles. The molecular weight excluding hydrogens is 302 g/mol. The first-order valence-electron chi connectivity index (χ1n) is 7.56. The SMILES string of the molecule is CC(C)(C)OC(=O)N1CCCCC1n1cccc([N+](=O)[O-])c1=O. The van der Waals surface area contributed by atoms with E-state index < -0.39 is 34.0 Å². The lowest BCUT2D eigenvalue weighted by Gasteiger charge is -2.37. The Labute approximate surface area is 133 Å². The lowest BCUT2D eigenvalue weighted by molar-refractivity contribution is -0.386. The molecule has 0 N–H and O–H groups in total. The van der Waals surface area contributed by atoms with Gasteiger partial charge in [-0.15, -0.1) is 0 Å². The first kappa shape index (κ1) is 17.0. The Morgan fingerprint density at radius 1 is 1.39 bits per heavy atom. The van der Waals surface area contributed by atoms with Gasteiger partial charge in [0.2, 0.25) is 0 Å². The molecule has 1 atom stereocenters. The molecule has 0 aromatic carbocycles. The molecule has 0 spiro atoms. The quantitative estimate of drug-likeness (QED) is 0.616. The van der Waals surface area contributed by atoms with E-state index in [9.17, 15) is 19.7 Å². The molecule has 1 aromatic rings. The summed E-state index contributed by atoms with van der Waals surface area (Å²) in [5, 5.41) is 10.9. The highest BCUT2D eigenvalue weighted by molar-refractivity contribution is 5.68. The van der Waals surface area contributed by atoms with Gasteiger partial charge in [0, 0.05) is 18.8 Å². The van der Waals surface area contributed by atoms with Crippen LogP contribution < -0.4 is 5.56 Å². The maximum Gasteiger partial charge on any atom is 0.411 e. The summed E-state index contributed by atoms with van der Waals surface area (Å²) in [5.74, 6) is 0. The summed E-state index contributed by atoms with van der Waals surface area (Å²) in [4.78, 5) is 36.4. The summed E-state index contributed by atoms with van der Waals surface area (Å²) in [5.41, 5.74) is -1.85. The van der Waals surface area contributed by atoms with E-state index in [1.165, 1.54) is 27.8 Å². The number of amides is 1. The highest BCUT2D eigenvalue weighted by Gasteiger charge is 2.33. The Balaban J connectivity index is 2.36. The minimum Gasteiger partial charge on any atom is -0.444 e. The van der Waals surface area contributed by atoms with E-state index in [4.69, 9.17) is 4.74 Å². The Kier molecular flexibility index (Phi) is 4.72. The molecule has 8 nitrogen and oxygen atoms in total. The Bertz CT molecular complexity index is 662. The third-order valence-corrected chi connectivity index (χ3v) is 3.57. The molecule has 2 heterocycles. The number of likely N-dealkylation sites (tertiary alicyclic amines) is 1. The van der Waals surface area contributed by atoms with Gasteiger partial charge in [0.05, 0.1) is 4.92 Å². The number of carbonyl (C=O) groups is 1. The Hall–Kier alpha value is -2.38. The van der Waals surface area contributed by atoms with Crippen molar-refractivity contribution in [2.45, 2.75) is 51.8 Å². The van der Waals surface area contributed by atoms with Crippen LogP contribution in [-0.2, 0) is 4.74 Å². The number of carbonyl (C=O) groups excluding carboxylic acids is 1. The largest absolute Gasteiger partial charge is 0.444 e. The number of piperidine rings is 1. The average Bonchev–Trinajstić information content (AvgIpc) is 2.45. The van der Waals surface area contributed by atoms with Crippen LogP contribution in [0.2, 0.25) is 0 Å². The first-order valence-corrected chi connectivity index (χ1v) is 7.56. The second-order valence-electron chi connectivity index (χ2n) is 6.51. The van der Waals surface area contributed by atoms with Crippen molar-refractivity contribution >= 4 is 11.8 Å². The minimum atomic E-state index is -0.710. The van der Waals surface area contributed by atoms with Crippen molar-refractivity contribution < 1.29 is 14.5 Å². The maximum absolute atomic E-state index is 12.4. The van der Waals surface area contributed by atoms with Gasteiger partial charge >= 0.3 is 17.3 Å². The molecule has 0 radical (unpaired) electrons. The molecule has 126 valence electrons. The molecule has 8 heteroatoms. The van der Waals surface area contributed by atoms with Gasteiger partial charge in [-0.2, -0.15) is 0 Å². The standard InChI is InChI=1S/C15H21N3O5/c1-15(2,3)23-14(20)17-9-5-4-8-12(17)16-10-6-7-11(13(16)19)18(21)22/h6-7,10,12H,4-5,8-9H2,1-3H3. The number of nitro groups is 1. The highest BCUT2D eigenvalue weighted by Crippen LogP contribution is 2.27. The van der Waals surface area contributed by atoms with Gasteiger partial charge in [0.1, 0.15) is 11.8 Å². The first-order chi connectivity index (χ1) is 10.7. The molecule has 2 rings (SSSR count). The van der Waals surface area contributed by atoms with Crippen molar-refractivity contribution in [1.82, 2.24) is 9.47 Å². The molecule has 1 amide bonds. The van der Waals surface area contributed by atoms with Gasteiger partial charge in [0.25, 0.3) is 0 Å². The van der Waals surface area contributed by atoms with Crippen LogP contribution in [0.3, 0.4) is 0 Å². The van der Waals surface area contributed by atoms with Crippen LogP contribution in [0.4, 0.5) is 10.5 Å². The second-order valence-corrected chi connectivity index (χ2v) is 6.51. The van der Waals surface area contributed by atoms with Crippen LogP contribution in [-0.4, -0.2) is 32.6 Å². The number of ether oxygens (including phenoxy) is 1. The van der Waals surface area contributed by atoms with E-state index >= 15 is 0 Å². The zero-order chi connectivity index (χ0) is 17.2. The molecule has 1 fully saturated rings. The number of nitrogens with zero attached hydrogens (tertiary/aromatic N) is 3. The van der Waals surface area contributed by atoms with Gasteiger partial charge in [-0.1, -0.05) is 0 Å². The van der Waals surface area contributed by atoms with Crippen LogP contribution in [0.1, 0.15) is 46.2 Å². The van der Waals surface area contributed by atoms with E-state index in [2.05, 4.69) is 0 Å². The van der Waals surface area contributed by atoms with Gasteiger partial charge in [0.15, 0.2) is 0 Å². The summed E-state index contributed by atoms with van der Waals surface area (Å²) in [6.07, 6.45) is 2.59. The number of aromatic nitrogens is 1. The minimum absolute atomic E-state index is 0.453. The van der Waals surface area contributed by atoms with Crippen molar-refractivity contribution in [3.05, 3.63) is 38.8 Å². The third-order valence-electron chi connectivity index (χ3n) is 3.57. The maximum atomic E-state index is 12.4. The van der Waals surface area contributed by atoms with Gasteiger partial charge in [-0.25, -0.2) is 4.79 Å². The third kappa shape index (κ3) is 3.88. The van der Waals surface area contributed by atoms with Gasteiger partial charge < -0.3 is 4.74 Å². The zero-order valence-corrected chi connectivity index (χ0v) is 13.5. The van der Waals surface area contributed by atoms with E-state index in [0.717, 1.165) is 12.8 Å². The summed E-state index contributed by atoms with van der Waals surface area (Å²) in [6.45, 7) is 5.75. The van der Waals surface area contributed by atoms with Crippen LogP contribution >= 0.6 is 0 Å². The Morgan fingerprint density at radius 3 is 2.70 bits per heavy atom. The van der Waals surface area contributed by atoms with Crippen LogP contribution in [0.5, 0.6) is 0 Å². The number of rotatable bonds is 2. The monoisotopic (exact) mass is 323 g/mol. The lowest BCUT2D eigenvalue weighted by Crippen LogP contribution is -2.46. The molecule has 1 saturated heterocycles. The smallest absolute Gasteiger partial charge is 0.411 e. The summed E-state index contributed by atoms with van der Waals surface area (Å²) >= 11 is 0. The van der Waals surface area contributed by atoms with E-state index in [-0.39, 0.29) is 0 Å². The zero-order valence-electron chi connectivity index (χ0n) is 13.5. The van der Waals surface area contributed by atoms with E-state index in [1.807, 2.05) is 0 Å². The van der Waals surface area contributed by atoms with Crippen molar-refractivity contribution in [3.8, 4) is 0 Å². The molecule has 0 bridgehead atoms. The van der Waals surface area contributed by atoms with Gasteiger partial charge in [-0.3, -0.25) is 24.4 Å². The topological polar surface area (TPSA) is 94.7 Å². The van der Waals surface area contributed by atoms with Crippen LogP contribution in [0.25, 0.3) is 0 Å². The molecular formula is C15H21N3O5. The number of pyridine rings is 1. The van der Waals surface area contributed by atoms with Gasteiger partial charge in [-0.05, 0) is 46.1 Å². The predicted octanol–water partition coefficient (Wildman–Crippen LogP) is 2.68. The fraction of sp³-hybridized carbons (Fsp3) is 0.600. The van der Waals surface area contributed by atoms with E-state index in [1.54, 1.807) is 20.8 Å². The second kappa shape index (κ2) is 6.39. The fourth-order valence-corrected chi connectivity index (χ4v) is 2.61. The normalized spacial score (nSPS) is 18.6. The van der Waals surface area contributed by atoms with Crippen LogP contribution in [0, 0.1) is 10.1 Å². The summed E-state index contributed by atoms with van der Waals surface area (Å²) in [6, 6.07) is 2.61. The number of hydrogen-bond donors (Lipinski definition) is 0. The predicted molar refractivity (Wildman–Crippen MR) is 83.2 cm³/mol. The highest BCUT2D eigenvalue weighted by atomic mass is 16.6. The summed E-state index contributed by atoms with van der Waals surface area (Å²) in [7, 11) is 0. The van der Waals surface area contributed by atoms with Crippen molar-refractivity contribution in [2.24, 2.45) is 0 Å². The number of hydrogen-bond acceptors (Lipinski definition) is 5. The molecule has 0 saturated carbocycles. The molecule has 1 aliphatic rings. The summed E-state index contributed by atoms with van der Waals surface area (Å²) < 4.78 is 6.64. The van der Waals surface area contributed by atoms with E-state index in [0.29, 0.717) is 13.0 Å². The fourth-order valence-electron chi connectivity index (χ4n) is 2.61. The molecule has 23 heavy (non-hydrogen) atoms. The average molecular weight is 323 g/mol. The lowest BCUT2D eigenvalue weighted by atomic mass is 10.1. The van der Waals surface area contributed by atoms with Crippen molar-refractivity contribution in [3.63, 3.8) is 0 Å². The Morgan fingerprint density at radius 2 is 2.09 bits per heavy atom. The van der Waals surface area contributed by atoms with Crippen molar-refractivity contribution in [2.75, 3.05) is 6.54 Å². The molecule has 0 aliphatic carbocycles. The molecule has 1 unspecified atom stereocenters. The molecule has 1 aromatic heterocycles.